The van der Waals surface area contributed by atoms with Gasteiger partial charge in [-0.2, -0.15) is 0 Å². The van der Waals surface area contributed by atoms with Crippen molar-refractivity contribution in [1.29, 1.82) is 0 Å². The molecule has 6 nitrogen and oxygen atoms in total. The molecule has 0 radical (unpaired) electrons. The molecular weight excluding hydrogens is 274 g/mol. The number of rotatable bonds is 8. The number of amides is 1. The summed E-state index contributed by atoms with van der Waals surface area (Å²) >= 11 is 4.69. The summed E-state index contributed by atoms with van der Waals surface area (Å²) in [6.07, 6.45) is 0.276. The maximum Gasteiger partial charge on any atom is 0.235 e. The quantitative estimate of drug-likeness (QED) is 0.536. The normalized spacial score (nSPS) is 13.3. The van der Waals surface area contributed by atoms with Gasteiger partial charge >= 0.3 is 0 Å². The standard InChI is InChI=1S/C10H21N3O3S2/c1-4-8(10(11)17)18(15,16)13-6-9(14)12-5-7(2)3/h7-8,13H,4-6H2,1-3H3,(H2,11,17)(H,12,14). The smallest absolute Gasteiger partial charge is 0.235 e. The highest BCUT2D eigenvalue weighted by Crippen LogP contribution is 2.04. The van der Waals surface area contributed by atoms with E-state index in [1.54, 1.807) is 6.92 Å². The van der Waals surface area contributed by atoms with E-state index in [0.29, 0.717) is 12.5 Å². The van der Waals surface area contributed by atoms with Gasteiger partial charge in [0.1, 0.15) is 5.25 Å². The van der Waals surface area contributed by atoms with Gasteiger partial charge in [0.2, 0.25) is 15.9 Å². The number of thiocarbonyl (C=S) groups is 1. The minimum absolute atomic E-state index is 0.0902. The van der Waals surface area contributed by atoms with Crippen molar-refractivity contribution in [1.82, 2.24) is 10.0 Å². The molecule has 0 saturated heterocycles. The molecule has 1 amide bonds. The van der Waals surface area contributed by atoms with E-state index in [9.17, 15) is 13.2 Å². The topological polar surface area (TPSA) is 101 Å². The van der Waals surface area contributed by atoms with E-state index in [4.69, 9.17) is 5.73 Å². The van der Waals surface area contributed by atoms with E-state index in [1.165, 1.54) is 0 Å². The number of nitrogens with two attached hydrogens (primary N) is 1. The highest BCUT2D eigenvalue weighted by molar-refractivity contribution is 7.93. The van der Waals surface area contributed by atoms with Crippen LogP contribution in [0.1, 0.15) is 27.2 Å². The fourth-order valence-electron chi connectivity index (χ4n) is 1.22. The van der Waals surface area contributed by atoms with Crippen molar-refractivity contribution in [3.63, 3.8) is 0 Å². The van der Waals surface area contributed by atoms with Gasteiger partial charge in [0.15, 0.2) is 0 Å². The third-order valence-corrected chi connectivity index (χ3v) is 4.52. The molecule has 0 aliphatic carbocycles. The molecule has 0 bridgehead atoms. The lowest BCUT2D eigenvalue weighted by Crippen LogP contribution is -2.45. The van der Waals surface area contributed by atoms with Crippen LogP contribution in [0.5, 0.6) is 0 Å². The van der Waals surface area contributed by atoms with E-state index in [2.05, 4.69) is 22.3 Å². The largest absolute Gasteiger partial charge is 0.392 e. The van der Waals surface area contributed by atoms with Crippen LogP contribution in [-0.2, 0) is 14.8 Å². The van der Waals surface area contributed by atoms with Gasteiger partial charge in [0, 0.05) is 6.54 Å². The molecule has 1 unspecified atom stereocenters. The van der Waals surface area contributed by atoms with Crippen molar-refractivity contribution < 1.29 is 13.2 Å². The highest BCUT2D eigenvalue weighted by Gasteiger charge is 2.26. The second-order valence-electron chi connectivity index (χ2n) is 4.36. The van der Waals surface area contributed by atoms with Crippen molar-refractivity contribution in [2.45, 2.75) is 32.4 Å². The molecule has 0 heterocycles. The second kappa shape index (κ2) is 7.65. The van der Waals surface area contributed by atoms with Gasteiger partial charge in [-0.25, -0.2) is 13.1 Å². The lowest BCUT2D eigenvalue weighted by Gasteiger charge is -2.15. The lowest BCUT2D eigenvalue weighted by atomic mass is 10.2. The number of hydrogen-bond acceptors (Lipinski definition) is 4. The zero-order valence-corrected chi connectivity index (χ0v) is 12.5. The Hall–Kier alpha value is -0.730. The summed E-state index contributed by atoms with van der Waals surface area (Å²) in [5.74, 6) is -0.0596. The molecule has 0 aromatic heterocycles. The van der Waals surface area contributed by atoms with E-state index in [1.807, 2.05) is 13.8 Å². The van der Waals surface area contributed by atoms with Crippen molar-refractivity contribution in [3.05, 3.63) is 0 Å². The van der Waals surface area contributed by atoms with Gasteiger partial charge in [-0.3, -0.25) is 4.79 Å². The Morgan fingerprint density at radius 1 is 1.39 bits per heavy atom. The van der Waals surface area contributed by atoms with Crippen LogP contribution >= 0.6 is 12.2 Å². The first-order valence-corrected chi connectivity index (χ1v) is 7.70. The van der Waals surface area contributed by atoms with Crippen molar-refractivity contribution >= 4 is 33.1 Å². The Morgan fingerprint density at radius 2 is 1.94 bits per heavy atom. The Balaban J connectivity index is 4.35. The van der Waals surface area contributed by atoms with Gasteiger partial charge in [-0.05, 0) is 12.3 Å². The molecular formula is C10H21N3O3S2. The van der Waals surface area contributed by atoms with Gasteiger partial charge in [-0.1, -0.05) is 33.0 Å². The molecule has 0 aromatic rings. The van der Waals surface area contributed by atoms with E-state index in [0.717, 1.165) is 0 Å². The van der Waals surface area contributed by atoms with Crippen molar-refractivity contribution in [2.75, 3.05) is 13.1 Å². The van der Waals surface area contributed by atoms with Gasteiger partial charge < -0.3 is 11.1 Å². The molecule has 0 fully saturated rings. The zero-order valence-electron chi connectivity index (χ0n) is 10.9. The molecule has 0 aromatic carbocycles. The van der Waals surface area contributed by atoms with Crippen LogP contribution in [-0.4, -0.2) is 37.7 Å². The molecule has 0 aliphatic heterocycles. The average Bonchev–Trinajstić information content (AvgIpc) is 2.23. The molecule has 106 valence electrons. The van der Waals surface area contributed by atoms with Gasteiger partial charge in [0.05, 0.1) is 11.5 Å². The molecule has 0 spiro atoms. The van der Waals surface area contributed by atoms with Crippen LogP contribution in [0.3, 0.4) is 0 Å². The Bertz CT molecular complexity index is 393. The molecule has 4 N–H and O–H groups in total. The summed E-state index contributed by atoms with van der Waals surface area (Å²) in [5.41, 5.74) is 5.35. The highest BCUT2D eigenvalue weighted by atomic mass is 32.2. The average molecular weight is 295 g/mol. The summed E-state index contributed by atoms with van der Waals surface area (Å²) in [5, 5.41) is 1.67. The molecule has 8 heteroatoms. The van der Waals surface area contributed by atoms with Crippen LogP contribution in [0.25, 0.3) is 0 Å². The van der Waals surface area contributed by atoms with Crippen LogP contribution in [0.4, 0.5) is 0 Å². The monoisotopic (exact) mass is 295 g/mol. The molecule has 0 saturated carbocycles. The van der Waals surface area contributed by atoms with Gasteiger partial charge in [0.25, 0.3) is 0 Å². The first-order valence-electron chi connectivity index (χ1n) is 5.75. The fourth-order valence-corrected chi connectivity index (χ4v) is 3.05. The minimum Gasteiger partial charge on any atom is -0.392 e. The maximum atomic E-state index is 11.8. The fraction of sp³-hybridized carbons (Fsp3) is 0.800. The van der Waals surface area contributed by atoms with Crippen LogP contribution in [0.2, 0.25) is 0 Å². The third-order valence-electron chi connectivity index (χ3n) is 2.20. The number of carbonyl (C=O) groups is 1. The van der Waals surface area contributed by atoms with Gasteiger partial charge in [-0.15, -0.1) is 0 Å². The summed E-state index contributed by atoms with van der Waals surface area (Å²) in [6, 6.07) is 0. The first kappa shape index (κ1) is 17.3. The van der Waals surface area contributed by atoms with Crippen molar-refractivity contribution in [3.8, 4) is 0 Å². The van der Waals surface area contributed by atoms with E-state index in [-0.39, 0.29) is 23.9 Å². The van der Waals surface area contributed by atoms with E-state index < -0.39 is 15.3 Å². The number of carbonyl (C=O) groups excluding carboxylic acids is 1. The van der Waals surface area contributed by atoms with Crippen molar-refractivity contribution in [2.24, 2.45) is 11.7 Å². The Kier molecular flexibility index (Phi) is 7.34. The third kappa shape index (κ3) is 6.27. The molecule has 1 atom stereocenters. The van der Waals surface area contributed by atoms with E-state index >= 15 is 0 Å². The first-order chi connectivity index (χ1) is 8.20. The summed E-state index contributed by atoms with van der Waals surface area (Å²) in [4.78, 5) is 11.3. The molecule has 0 aliphatic rings. The Morgan fingerprint density at radius 3 is 2.33 bits per heavy atom. The Labute approximate surface area is 114 Å². The van der Waals surface area contributed by atoms with Crippen LogP contribution in [0.15, 0.2) is 0 Å². The zero-order chi connectivity index (χ0) is 14.3. The molecule has 18 heavy (non-hydrogen) atoms. The second-order valence-corrected chi connectivity index (χ2v) is 6.78. The van der Waals surface area contributed by atoms with Crippen LogP contribution in [0, 0.1) is 5.92 Å². The lowest BCUT2D eigenvalue weighted by molar-refractivity contribution is -0.120. The summed E-state index contributed by atoms with van der Waals surface area (Å²) in [7, 11) is -3.68. The predicted octanol–water partition coefficient (Wildman–Crippen LogP) is -0.257. The predicted molar refractivity (Wildman–Crippen MR) is 75.6 cm³/mol. The molecule has 0 rings (SSSR count). The summed E-state index contributed by atoms with van der Waals surface area (Å²) < 4.78 is 25.8. The number of sulfonamides is 1. The van der Waals surface area contributed by atoms with Crippen LogP contribution < -0.4 is 15.8 Å². The number of hydrogen-bond donors (Lipinski definition) is 3. The maximum absolute atomic E-state index is 11.8. The minimum atomic E-state index is -3.68. The SMILES string of the molecule is CCC(C(N)=S)S(=O)(=O)NCC(=O)NCC(C)C. The summed E-state index contributed by atoms with van der Waals surface area (Å²) in [6.45, 7) is 5.78. The number of nitrogens with one attached hydrogen (secondary N) is 2.